The van der Waals surface area contributed by atoms with Gasteiger partial charge in [0.25, 0.3) is 0 Å². The van der Waals surface area contributed by atoms with Crippen molar-refractivity contribution in [1.82, 2.24) is 5.32 Å². The maximum Gasteiger partial charge on any atom is 0.321 e. The van der Waals surface area contributed by atoms with Crippen LogP contribution in [0.4, 0.5) is 16.2 Å². The Morgan fingerprint density at radius 1 is 1.36 bits per heavy atom. The topological polar surface area (TPSA) is 87.5 Å². The molecule has 1 aliphatic carbocycles. The molecule has 0 spiro atoms. The molecule has 0 unspecified atom stereocenters. The van der Waals surface area contributed by atoms with E-state index in [0.29, 0.717) is 13.1 Å². The summed E-state index contributed by atoms with van der Waals surface area (Å²) in [5, 5.41) is 5.73. The van der Waals surface area contributed by atoms with Crippen LogP contribution < -0.4 is 21.3 Å². The van der Waals surface area contributed by atoms with Crippen LogP contribution in [-0.2, 0) is 4.79 Å². The van der Waals surface area contributed by atoms with E-state index in [1.807, 2.05) is 24.3 Å². The fourth-order valence-electron chi connectivity index (χ4n) is 3.18. The first kappa shape index (κ1) is 14.8. The number of nitrogens with zero attached hydrogens (tertiary/aromatic N) is 1. The van der Waals surface area contributed by atoms with E-state index in [1.54, 1.807) is 4.90 Å². The highest BCUT2D eigenvalue weighted by Crippen LogP contribution is 2.26. The van der Waals surface area contributed by atoms with Gasteiger partial charge in [-0.05, 0) is 37.5 Å². The van der Waals surface area contributed by atoms with Crippen molar-refractivity contribution in [2.24, 2.45) is 11.7 Å². The van der Waals surface area contributed by atoms with Crippen molar-refractivity contribution < 1.29 is 9.59 Å². The smallest absolute Gasteiger partial charge is 0.321 e. The van der Waals surface area contributed by atoms with E-state index in [1.165, 1.54) is 0 Å². The van der Waals surface area contributed by atoms with Crippen LogP contribution in [0.3, 0.4) is 0 Å². The van der Waals surface area contributed by atoms with Gasteiger partial charge in [0.15, 0.2) is 0 Å². The highest BCUT2D eigenvalue weighted by molar-refractivity contribution is 5.96. The number of nitrogens with one attached hydrogen (secondary N) is 2. The third-order valence-corrected chi connectivity index (χ3v) is 4.37. The molecule has 6 nitrogen and oxygen atoms in total. The minimum absolute atomic E-state index is 0.0116. The number of rotatable bonds is 3. The number of hydrogen-bond acceptors (Lipinski definition) is 3. The van der Waals surface area contributed by atoms with E-state index in [4.69, 9.17) is 5.73 Å². The Labute approximate surface area is 130 Å². The van der Waals surface area contributed by atoms with Crippen molar-refractivity contribution in [2.75, 3.05) is 23.3 Å². The molecular formula is C16H22N4O2. The molecule has 6 heteroatoms. The second-order valence-electron chi connectivity index (χ2n) is 6.05. The summed E-state index contributed by atoms with van der Waals surface area (Å²) < 4.78 is 0. The zero-order chi connectivity index (χ0) is 15.5. The first-order valence-corrected chi connectivity index (χ1v) is 7.85. The third kappa shape index (κ3) is 3.22. The molecule has 22 heavy (non-hydrogen) atoms. The average Bonchev–Trinajstić information content (AvgIpc) is 2.94. The maximum absolute atomic E-state index is 12.4. The number of anilines is 2. The van der Waals surface area contributed by atoms with Crippen LogP contribution in [0.1, 0.15) is 25.7 Å². The average molecular weight is 302 g/mol. The highest BCUT2D eigenvalue weighted by Gasteiger charge is 2.26. The molecule has 1 aliphatic heterocycles. The second kappa shape index (κ2) is 6.36. The van der Waals surface area contributed by atoms with Gasteiger partial charge >= 0.3 is 6.03 Å². The zero-order valence-electron chi connectivity index (χ0n) is 12.5. The van der Waals surface area contributed by atoms with Crippen molar-refractivity contribution in [2.45, 2.75) is 31.7 Å². The van der Waals surface area contributed by atoms with Crippen molar-refractivity contribution in [3.63, 3.8) is 0 Å². The molecule has 1 saturated carbocycles. The molecule has 0 aromatic heterocycles. The number of carbonyl (C=O) groups is 2. The van der Waals surface area contributed by atoms with Crippen LogP contribution in [0.2, 0.25) is 0 Å². The minimum Gasteiger partial charge on any atom is -0.336 e. The molecule has 1 aromatic rings. The molecule has 1 heterocycles. The lowest BCUT2D eigenvalue weighted by Crippen LogP contribution is -2.34. The molecule has 2 atom stereocenters. The largest absolute Gasteiger partial charge is 0.336 e. The van der Waals surface area contributed by atoms with Crippen LogP contribution >= 0.6 is 0 Å². The molecule has 0 radical (unpaired) electrons. The molecule has 4 N–H and O–H groups in total. The standard InChI is InChI=1S/C16H22N4O2/c17-12-4-1-3-11(9-12)15(21)19-13-5-2-6-14(10-13)20-8-7-18-16(20)22/h2,5-6,10-12H,1,3-4,7-9,17H2,(H,18,22)(H,19,21)/t11-,12+/m1/s1. The normalized spacial score (nSPS) is 25.0. The molecule has 3 rings (SSSR count). The third-order valence-electron chi connectivity index (χ3n) is 4.37. The van der Waals surface area contributed by atoms with Crippen molar-refractivity contribution >= 4 is 23.3 Å². The summed E-state index contributed by atoms with van der Waals surface area (Å²) in [5.74, 6) is 0.0145. The number of nitrogens with two attached hydrogens (primary N) is 1. The lowest BCUT2D eigenvalue weighted by atomic mass is 9.85. The molecule has 1 saturated heterocycles. The van der Waals surface area contributed by atoms with Crippen molar-refractivity contribution in [1.29, 1.82) is 0 Å². The lowest BCUT2D eigenvalue weighted by molar-refractivity contribution is -0.120. The second-order valence-corrected chi connectivity index (χ2v) is 6.05. The van der Waals surface area contributed by atoms with Gasteiger partial charge in [-0.1, -0.05) is 12.5 Å². The predicted molar refractivity (Wildman–Crippen MR) is 85.7 cm³/mol. The molecular weight excluding hydrogens is 280 g/mol. The van der Waals surface area contributed by atoms with Gasteiger partial charge in [0, 0.05) is 36.4 Å². The van der Waals surface area contributed by atoms with Gasteiger partial charge in [0.05, 0.1) is 0 Å². The van der Waals surface area contributed by atoms with Gasteiger partial charge in [-0.2, -0.15) is 0 Å². The summed E-state index contributed by atoms with van der Waals surface area (Å²) in [6, 6.07) is 7.44. The minimum atomic E-state index is -0.0956. The molecule has 2 aliphatic rings. The SMILES string of the molecule is N[C@H]1CCC[C@@H](C(=O)Nc2cccc(N3CCNC3=O)c2)C1. The van der Waals surface area contributed by atoms with Crippen molar-refractivity contribution in [3.05, 3.63) is 24.3 Å². The molecule has 2 fully saturated rings. The highest BCUT2D eigenvalue weighted by atomic mass is 16.2. The Morgan fingerprint density at radius 3 is 2.95 bits per heavy atom. The zero-order valence-corrected chi connectivity index (χ0v) is 12.5. The Morgan fingerprint density at radius 2 is 2.23 bits per heavy atom. The van der Waals surface area contributed by atoms with Crippen LogP contribution in [0.15, 0.2) is 24.3 Å². The molecule has 3 amide bonds. The number of urea groups is 1. The Kier molecular flexibility index (Phi) is 4.29. The van der Waals surface area contributed by atoms with Gasteiger partial charge in [0.1, 0.15) is 0 Å². The van der Waals surface area contributed by atoms with E-state index in [0.717, 1.165) is 37.1 Å². The number of amides is 3. The Hall–Kier alpha value is -2.08. The Balaban J connectivity index is 1.67. The first-order chi connectivity index (χ1) is 10.6. The summed E-state index contributed by atoms with van der Waals surface area (Å²) >= 11 is 0. The van der Waals surface area contributed by atoms with E-state index >= 15 is 0 Å². The summed E-state index contributed by atoms with van der Waals surface area (Å²) in [5.41, 5.74) is 7.47. The van der Waals surface area contributed by atoms with Crippen LogP contribution in [0.25, 0.3) is 0 Å². The summed E-state index contributed by atoms with van der Waals surface area (Å²) in [6.07, 6.45) is 3.66. The van der Waals surface area contributed by atoms with E-state index in [9.17, 15) is 9.59 Å². The van der Waals surface area contributed by atoms with Crippen LogP contribution in [-0.4, -0.2) is 31.1 Å². The van der Waals surface area contributed by atoms with E-state index < -0.39 is 0 Å². The number of hydrogen-bond donors (Lipinski definition) is 3. The van der Waals surface area contributed by atoms with Gasteiger partial charge in [-0.3, -0.25) is 9.69 Å². The van der Waals surface area contributed by atoms with Crippen molar-refractivity contribution in [3.8, 4) is 0 Å². The molecule has 0 bridgehead atoms. The fraction of sp³-hybridized carbons (Fsp3) is 0.500. The van der Waals surface area contributed by atoms with E-state index in [2.05, 4.69) is 10.6 Å². The van der Waals surface area contributed by atoms with Gasteiger partial charge in [-0.15, -0.1) is 0 Å². The maximum atomic E-state index is 12.4. The summed E-state index contributed by atoms with van der Waals surface area (Å²) in [4.78, 5) is 25.7. The Bertz CT molecular complexity index is 575. The number of benzene rings is 1. The van der Waals surface area contributed by atoms with Gasteiger partial charge in [0.2, 0.25) is 5.91 Å². The predicted octanol–water partition coefficient (Wildman–Crippen LogP) is 1.67. The monoisotopic (exact) mass is 302 g/mol. The molecule has 1 aromatic carbocycles. The van der Waals surface area contributed by atoms with E-state index in [-0.39, 0.29) is 23.9 Å². The fourth-order valence-corrected chi connectivity index (χ4v) is 3.18. The van der Waals surface area contributed by atoms with Gasteiger partial charge in [-0.25, -0.2) is 4.79 Å². The lowest BCUT2D eigenvalue weighted by Gasteiger charge is -2.25. The summed E-state index contributed by atoms with van der Waals surface area (Å²) in [7, 11) is 0. The molecule has 118 valence electrons. The summed E-state index contributed by atoms with van der Waals surface area (Å²) in [6.45, 7) is 1.29. The van der Waals surface area contributed by atoms with Crippen LogP contribution in [0.5, 0.6) is 0 Å². The van der Waals surface area contributed by atoms with Gasteiger partial charge < -0.3 is 16.4 Å². The van der Waals surface area contributed by atoms with Crippen LogP contribution in [0, 0.1) is 5.92 Å². The quantitative estimate of drug-likeness (QED) is 0.793. The number of carbonyl (C=O) groups excluding carboxylic acids is 2. The first-order valence-electron chi connectivity index (χ1n) is 7.85.